The highest BCUT2D eigenvalue weighted by molar-refractivity contribution is 5.27. The molecule has 0 aliphatic carbocycles. The molecule has 0 radical (unpaired) electrons. The van der Waals surface area contributed by atoms with Gasteiger partial charge in [0.25, 0.3) is 0 Å². The maximum atomic E-state index is 13.2. The Balaban J connectivity index is 2.52. The molecule has 0 heterocycles. The van der Waals surface area contributed by atoms with Crippen LogP contribution < -0.4 is 5.32 Å². The molecule has 0 fully saturated rings. The van der Waals surface area contributed by atoms with Crippen molar-refractivity contribution < 1.29 is 17.6 Å². The van der Waals surface area contributed by atoms with Crippen molar-refractivity contribution in [3.05, 3.63) is 35.1 Å². The maximum absolute atomic E-state index is 13.2. The molecule has 0 aromatic heterocycles. The summed E-state index contributed by atoms with van der Waals surface area (Å²) in [6.45, 7) is 6.64. The largest absolute Gasteiger partial charge is 0.419 e. The molecule has 0 saturated heterocycles. The maximum Gasteiger partial charge on any atom is 0.419 e. The van der Waals surface area contributed by atoms with Crippen LogP contribution in [0.2, 0.25) is 0 Å². The van der Waals surface area contributed by atoms with Gasteiger partial charge in [-0.25, -0.2) is 4.39 Å². The molecule has 1 rings (SSSR count). The van der Waals surface area contributed by atoms with Crippen LogP contribution in [0.1, 0.15) is 51.2 Å². The van der Waals surface area contributed by atoms with Gasteiger partial charge < -0.3 is 5.32 Å². The summed E-state index contributed by atoms with van der Waals surface area (Å²) in [7, 11) is 0. The number of nitrogens with one attached hydrogen (secondary N) is 1. The molecule has 120 valence electrons. The molecule has 0 spiro atoms. The summed E-state index contributed by atoms with van der Waals surface area (Å²) < 4.78 is 51.0. The van der Waals surface area contributed by atoms with Gasteiger partial charge in [0, 0.05) is 12.6 Å². The molecule has 0 bridgehead atoms. The van der Waals surface area contributed by atoms with Crippen molar-refractivity contribution in [2.45, 2.75) is 58.8 Å². The summed E-state index contributed by atoms with van der Waals surface area (Å²) in [5, 5.41) is 3.18. The van der Waals surface area contributed by atoms with Crippen molar-refractivity contribution in [2.24, 2.45) is 5.92 Å². The van der Waals surface area contributed by atoms with E-state index in [9.17, 15) is 17.6 Å². The summed E-state index contributed by atoms with van der Waals surface area (Å²) >= 11 is 0. The Kier molecular flexibility index (Phi) is 6.65. The Morgan fingerprint density at radius 2 is 1.76 bits per heavy atom. The highest BCUT2D eigenvalue weighted by Gasteiger charge is 2.34. The van der Waals surface area contributed by atoms with Crippen LogP contribution >= 0.6 is 0 Å². The number of rotatable bonds is 7. The van der Waals surface area contributed by atoms with Gasteiger partial charge in [0.1, 0.15) is 5.82 Å². The molecule has 1 atom stereocenters. The van der Waals surface area contributed by atoms with Gasteiger partial charge in [-0.2, -0.15) is 13.2 Å². The Hall–Kier alpha value is -1.10. The lowest BCUT2D eigenvalue weighted by Gasteiger charge is -2.15. The number of benzene rings is 1. The Labute approximate surface area is 123 Å². The molecule has 0 saturated carbocycles. The molecule has 1 nitrogen and oxygen atoms in total. The summed E-state index contributed by atoms with van der Waals surface area (Å²) in [5.41, 5.74) is -0.756. The Morgan fingerprint density at radius 3 is 2.33 bits per heavy atom. The van der Waals surface area contributed by atoms with Crippen molar-refractivity contribution >= 4 is 0 Å². The van der Waals surface area contributed by atoms with E-state index in [2.05, 4.69) is 19.2 Å². The van der Waals surface area contributed by atoms with Crippen molar-refractivity contribution in [2.75, 3.05) is 0 Å². The third kappa shape index (κ3) is 6.46. The first-order valence-corrected chi connectivity index (χ1v) is 7.29. The Bertz CT molecular complexity index is 440. The molecule has 21 heavy (non-hydrogen) atoms. The van der Waals surface area contributed by atoms with Crippen LogP contribution in [0.5, 0.6) is 0 Å². The molecule has 1 aromatic carbocycles. The van der Waals surface area contributed by atoms with Crippen LogP contribution in [0.15, 0.2) is 18.2 Å². The van der Waals surface area contributed by atoms with Crippen molar-refractivity contribution in [1.29, 1.82) is 0 Å². The quantitative estimate of drug-likeness (QED) is 0.687. The predicted molar refractivity (Wildman–Crippen MR) is 76.4 cm³/mol. The SMILES string of the molecule is CC(C)CCCC(C)NCc1ccc(F)c(C(F)(F)F)c1. The predicted octanol–water partition coefficient (Wildman–Crippen LogP) is 5.15. The summed E-state index contributed by atoms with van der Waals surface area (Å²) in [5.74, 6) is -0.570. The van der Waals surface area contributed by atoms with E-state index >= 15 is 0 Å². The van der Waals surface area contributed by atoms with E-state index in [-0.39, 0.29) is 6.04 Å². The van der Waals surface area contributed by atoms with E-state index in [1.807, 2.05) is 6.92 Å². The second-order valence-electron chi connectivity index (χ2n) is 5.92. The minimum atomic E-state index is -4.65. The van der Waals surface area contributed by atoms with E-state index < -0.39 is 17.6 Å². The smallest absolute Gasteiger partial charge is 0.310 e. The van der Waals surface area contributed by atoms with E-state index in [1.54, 1.807) is 0 Å². The standard InChI is InChI=1S/C16H23F4N/c1-11(2)5-4-6-12(3)21-10-13-7-8-15(17)14(9-13)16(18,19)20/h7-9,11-12,21H,4-6,10H2,1-3H3. The zero-order chi connectivity index (χ0) is 16.0. The van der Waals surface area contributed by atoms with Gasteiger partial charge in [0.2, 0.25) is 0 Å². The van der Waals surface area contributed by atoms with Gasteiger partial charge in [0.15, 0.2) is 0 Å². The molecule has 1 unspecified atom stereocenters. The van der Waals surface area contributed by atoms with Crippen LogP contribution in [0.3, 0.4) is 0 Å². The average molecular weight is 305 g/mol. The molecule has 0 amide bonds. The van der Waals surface area contributed by atoms with E-state index in [0.717, 1.165) is 31.4 Å². The monoisotopic (exact) mass is 305 g/mol. The van der Waals surface area contributed by atoms with E-state index in [1.165, 1.54) is 6.07 Å². The van der Waals surface area contributed by atoms with Crippen LogP contribution in [0, 0.1) is 11.7 Å². The van der Waals surface area contributed by atoms with Gasteiger partial charge in [-0.15, -0.1) is 0 Å². The number of hydrogen-bond donors (Lipinski definition) is 1. The first-order chi connectivity index (χ1) is 9.70. The molecular formula is C16H23F4N. The normalized spacial score (nSPS) is 13.7. The number of alkyl halides is 3. The van der Waals surface area contributed by atoms with Gasteiger partial charge in [-0.3, -0.25) is 0 Å². The fourth-order valence-corrected chi connectivity index (χ4v) is 2.13. The zero-order valence-corrected chi connectivity index (χ0v) is 12.7. The first kappa shape index (κ1) is 18.0. The van der Waals surface area contributed by atoms with Gasteiger partial charge in [-0.05, 0) is 37.0 Å². The number of halogens is 4. The summed E-state index contributed by atoms with van der Waals surface area (Å²) in [6.07, 6.45) is -1.45. The van der Waals surface area contributed by atoms with Gasteiger partial charge in [0.05, 0.1) is 5.56 Å². The lowest BCUT2D eigenvalue weighted by Crippen LogP contribution is -2.25. The molecular weight excluding hydrogens is 282 g/mol. The van der Waals surface area contributed by atoms with Crippen molar-refractivity contribution in [1.82, 2.24) is 5.32 Å². The van der Waals surface area contributed by atoms with Crippen LogP contribution in [0.25, 0.3) is 0 Å². The molecule has 0 aliphatic heterocycles. The van der Waals surface area contributed by atoms with Gasteiger partial charge in [-0.1, -0.05) is 32.8 Å². The molecule has 0 aliphatic rings. The average Bonchev–Trinajstić information content (AvgIpc) is 2.36. The molecule has 1 aromatic rings. The molecule has 1 N–H and O–H groups in total. The first-order valence-electron chi connectivity index (χ1n) is 7.29. The Morgan fingerprint density at radius 1 is 1.10 bits per heavy atom. The lowest BCUT2D eigenvalue weighted by atomic mass is 10.0. The fourth-order valence-electron chi connectivity index (χ4n) is 2.13. The topological polar surface area (TPSA) is 12.0 Å². The van der Waals surface area contributed by atoms with Gasteiger partial charge >= 0.3 is 6.18 Å². The van der Waals surface area contributed by atoms with E-state index in [4.69, 9.17) is 0 Å². The zero-order valence-electron chi connectivity index (χ0n) is 12.7. The summed E-state index contributed by atoms with van der Waals surface area (Å²) in [4.78, 5) is 0. The third-order valence-corrected chi connectivity index (χ3v) is 3.41. The van der Waals surface area contributed by atoms with Crippen LogP contribution in [0.4, 0.5) is 17.6 Å². The second kappa shape index (κ2) is 7.78. The van der Waals surface area contributed by atoms with Crippen LogP contribution in [-0.2, 0) is 12.7 Å². The minimum absolute atomic E-state index is 0.225. The van der Waals surface area contributed by atoms with Crippen molar-refractivity contribution in [3.8, 4) is 0 Å². The highest BCUT2D eigenvalue weighted by atomic mass is 19.4. The molecule has 5 heteroatoms. The third-order valence-electron chi connectivity index (χ3n) is 3.41. The fraction of sp³-hybridized carbons (Fsp3) is 0.625. The summed E-state index contributed by atoms with van der Waals surface area (Å²) in [6, 6.07) is 3.37. The minimum Gasteiger partial charge on any atom is -0.310 e. The second-order valence-corrected chi connectivity index (χ2v) is 5.92. The van der Waals surface area contributed by atoms with Crippen LogP contribution in [-0.4, -0.2) is 6.04 Å². The van der Waals surface area contributed by atoms with Crippen molar-refractivity contribution in [3.63, 3.8) is 0 Å². The van der Waals surface area contributed by atoms with E-state index in [0.29, 0.717) is 18.0 Å². The lowest BCUT2D eigenvalue weighted by molar-refractivity contribution is -0.140. The number of hydrogen-bond acceptors (Lipinski definition) is 1. The highest BCUT2D eigenvalue weighted by Crippen LogP contribution is 2.31.